The van der Waals surface area contributed by atoms with Crippen LogP contribution in [0.1, 0.15) is 47.7 Å². The van der Waals surface area contributed by atoms with Crippen molar-refractivity contribution in [3.8, 4) is 0 Å². The molecule has 0 aromatic carbocycles. The fraction of sp³-hybridized carbons (Fsp3) is 0.667. The van der Waals surface area contributed by atoms with E-state index in [4.69, 9.17) is 19.4 Å². The van der Waals surface area contributed by atoms with Gasteiger partial charge in [-0.15, -0.1) is 11.3 Å². The summed E-state index contributed by atoms with van der Waals surface area (Å²) in [7, 11) is 0. The third-order valence-corrected chi connectivity index (χ3v) is 7.01. The Morgan fingerprint density at radius 3 is 2.86 bits per heavy atom. The maximum Gasteiger partial charge on any atom is 0.348 e. The molecule has 0 bridgehead atoms. The number of nitrogens with zero attached hydrogens (tertiary/aromatic N) is 3. The van der Waals surface area contributed by atoms with Gasteiger partial charge in [-0.3, -0.25) is 0 Å². The molecular weight excluding hydrogens is 388 g/mol. The van der Waals surface area contributed by atoms with Gasteiger partial charge >= 0.3 is 5.97 Å². The number of fused-ring (bicyclic) bond motifs is 1. The number of aryl methyl sites for hydroxylation is 1. The molecule has 4 rings (SSSR count). The highest BCUT2D eigenvalue weighted by Crippen LogP contribution is 2.37. The zero-order chi connectivity index (χ0) is 20.4. The molecule has 2 aromatic heterocycles. The number of piperidine rings is 1. The minimum absolute atomic E-state index is 0.258. The molecule has 1 N–H and O–H groups in total. The predicted molar refractivity (Wildman–Crippen MR) is 114 cm³/mol. The second-order valence-corrected chi connectivity index (χ2v) is 9.15. The summed E-state index contributed by atoms with van der Waals surface area (Å²) in [5.41, 5.74) is 0.946. The topological polar surface area (TPSA) is 69.0 Å². The first-order valence-electron chi connectivity index (χ1n) is 10.7. The van der Waals surface area contributed by atoms with E-state index in [0.717, 1.165) is 73.4 Å². The number of esters is 1. The largest absolute Gasteiger partial charge is 0.462 e. The third kappa shape index (κ3) is 4.39. The Hall–Kier alpha value is -1.77. The fourth-order valence-corrected chi connectivity index (χ4v) is 5.39. The highest BCUT2D eigenvalue weighted by molar-refractivity contribution is 7.20. The van der Waals surface area contributed by atoms with Gasteiger partial charge in [0.15, 0.2) is 5.82 Å². The number of quaternary nitrogens is 1. The first-order valence-corrected chi connectivity index (χ1v) is 11.5. The van der Waals surface area contributed by atoms with E-state index in [0.29, 0.717) is 17.4 Å². The van der Waals surface area contributed by atoms with E-state index in [1.807, 2.05) is 13.8 Å². The van der Waals surface area contributed by atoms with Gasteiger partial charge in [-0.05, 0) is 38.2 Å². The van der Waals surface area contributed by atoms with Gasteiger partial charge in [-0.1, -0.05) is 6.92 Å². The minimum Gasteiger partial charge on any atom is -0.462 e. The lowest BCUT2D eigenvalue weighted by atomic mass is 10.00. The van der Waals surface area contributed by atoms with Crippen LogP contribution in [-0.2, 0) is 16.0 Å². The van der Waals surface area contributed by atoms with Gasteiger partial charge < -0.3 is 19.3 Å². The summed E-state index contributed by atoms with van der Waals surface area (Å²) in [6.45, 7) is 12.9. The maximum absolute atomic E-state index is 12.5. The minimum atomic E-state index is -0.258. The molecule has 158 valence electrons. The number of thiophene rings is 1. The van der Waals surface area contributed by atoms with Crippen LogP contribution in [-0.4, -0.2) is 61.9 Å². The highest BCUT2D eigenvalue weighted by atomic mass is 32.1. The van der Waals surface area contributed by atoms with Gasteiger partial charge in [-0.2, -0.15) is 0 Å². The van der Waals surface area contributed by atoms with Gasteiger partial charge in [0.2, 0.25) is 0 Å². The van der Waals surface area contributed by atoms with Crippen LogP contribution in [0.3, 0.4) is 0 Å². The number of carbonyl (C=O) groups is 1. The van der Waals surface area contributed by atoms with Gasteiger partial charge in [-0.25, -0.2) is 14.8 Å². The molecule has 0 unspecified atom stereocenters. The van der Waals surface area contributed by atoms with Crippen molar-refractivity contribution in [2.24, 2.45) is 5.92 Å². The van der Waals surface area contributed by atoms with E-state index in [2.05, 4.69) is 11.8 Å². The van der Waals surface area contributed by atoms with Crippen LogP contribution in [0.4, 0.5) is 5.82 Å². The summed E-state index contributed by atoms with van der Waals surface area (Å²) >= 11 is 1.44. The van der Waals surface area contributed by atoms with Gasteiger partial charge in [0, 0.05) is 13.1 Å². The number of rotatable bonds is 5. The van der Waals surface area contributed by atoms with Crippen LogP contribution >= 0.6 is 11.3 Å². The molecule has 8 heteroatoms. The molecule has 0 radical (unpaired) electrons. The number of morpholine rings is 1. The Bertz CT molecular complexity index is 878. The molecule has 1 atom stereocenters. The lowest BCUT2D eigenvalue weighted by Gasteiger charge is -2.32. The van der Waals surface area contributed by atoms with E-state index in [1.165, 1.54) is 29.1 Å². The van der Waals surface area contributed by atoms with Crippen LogP contribution in [0.2, 0.25) is 0 Å². The summed E-state index contributed by atoms with van der Waals surface area (Å²) < 4.78 is 10.8. The molecule has 2 aliphatic rings. The zero-order valence-corrected chi connectivity index (χ0v) is 18.4. The number of aromatic nitrogens is 2. The van der Waals surface area contributed by atoms with Crippen molar-refractivity contribution in [3.63, 3.8) is 0 Å². The lowest BCUT2D eigenvalue weighted by Crippen LogP contribution is -3.12. The molecule has 0 saturated carbocycles. The van der Waals surface area contributed by atoms with Crippen LogP contribution in [0.5, 0.6) is 0 Å². The molecule has 2 aromatic rings. The first-order chi connectivity index (χ1) is 14.1. The zero-order valence-electron chi connectivity index (χ0n) is 17.6. The summed E-state index contributed by atoms with van der Waals surface area (Å²) in [6, 6.07) is 0. The quantitative estimate of drug-likeness (QED) is 0.746. The van der Waals surface area contributed by atoms with E-state index in [1.54, 1.807) is 0 Å². The standard InChI is InChI=1S/C21H30N4O3S/c1-4-28-21(26)18-15(3)17-19(25-7-5-6-14(2)12-25)22-16(23-20(17)29-18)13-24-8-10-27-11-9-24/h14H,4-13H2,1-3H3/p+1/t14-/m0/s1. The average Bonchev–Trinajstić information content (AvgIpc) is 3.05. The smallest absolute Gasteiger partial charge is 0.348 e. The monoisotopic (exact) mass is 419 g/mol. The molecule has 2 fully saturated rings. The van der Waals surface area contributed by atoms with Crippen LogP contribution in [0, 0.1) is 12.8 Å². The first kappa shape index (κ1) is 20.5. The van der Waals surface area contributed by atoms with Crippen molar-refractivity contribution in [1.82, 2.24) is 9.97 Å². The average molecular weight is 420 g/mol. The number of ether oxygens (including phenoxy) is 2. The SMILES string of the molecule is CCOC(=O)c1sc2nc(C[NH+]3CCOCC3)nc(N3CCC[C@H](C)C3)c2c1C. The molecule has 2 aliphatic heterocycles. The molecule has 0 amide bonds. The number of carbonyl (C=O) groups excluding carboxylic acids is 1. The van der Waals surface area contributed by atoms with Crippen molar-refractivity contribution in [3.05, 3.63) is 16.3 Å². The number of anilines is 1. The number of nitrogens with one attached hydrogen (secondary N) is 1. The van der Waals surface area contributed by atoms with Gasteiger partial charge in [0.1, 0.15) is 35.2 Å². The van der Waals surface area contributed by atoms with Crippen LogP contribution < -0.4 is 9.80 Å². The molecule has 0 spiro atoms. The molecular formula is C21H31N4O3S+. The lowest BCUT2D eigenvalue weighted by molar-refractivity contribution is -0.922. The summed E-state index contributed by atoms with van der Waals surface area (Å²) in [4.78, 5) is 27.8. The Morgan fingerprint density at radius 2 is 2.14 bits per heavy atom. The normalized spacial score (nSPS) is 20.9. The van der Waals surface area contributed by atoms with Crippen molar-refractivity contribution in [1.29, 1.82) is 0 Å². The van der Waals surface area contributed by atoms with E-state index >= 15 is 0 Å². The Kier molecular flexibility index (Phi) is 6.32. The molecule has 29 heavy (non-hydrogen) atoms. The van der Waals surface area contributed by atoms with Crippen LogP contribution in [0.25, 0.3) is 10.2 Å². The van der Waals surface area contributed by atoms with Crippen LogP contribution in [0.15, 0.2) is 0 Å². The predicted octanol–water partition coefficient (Wildman–Crippen LogP) is 1.83. The van der Waals surface area contributed by atoms with Crippen molar-refractivity contribution in [2.45, 2.75) is 40.2 Å². The second kappa shape index (κ2) is 8.93. The van der Waals surface area contributed by atoms with E-state index in [-0.39, 0.29) is 5.97 Å². The Morgan fingerprint density at radius 1 is 1.34 bits per heavy atom. The molecule has 0 aliphatic carbocycles. The Balaban J connectivity index is 1.76. The summed E-state index contributed by atoms with van der Waals surface area (Å²) in [5.74, 6) is 2.24. The van der Waals surface area contributed by atoms with E-state index in [9.17, 15) is 4.79 Å². The fourth-order valence-electron chi connectivity index (χ4n) is 4.30. The van der Waals surface area contributed by atoms with Crippen molar-refractivity contribution in [2.75, 3.05) is 50.9 Å². The Labute approximate surface area is 176 Å². The number of hydrogen-bond acceptors (Lipinski definition) is 7. The molecule has 7 nitrogen and oxygen atoms in total. The maximum atomic E-state index is 12.5. The number of hydrogen-bond donors (Lipinski definition) is 1. The van der Waals surface area contributed by atoms with Gasteiger partial charge in [0.05, 0.1) is 25.2 Å². The second-order valence-electron chi connectivity index (χ2n) is 8.15. The van der Waals surface area contributed by atoms with Crippen molar-refractivity contribution >= 4 is 33.3 Å². The summed E-state index contributed by atoms with van der Waals surface area (Å²) in [6.07, 6.45) is 2.43. The van der Waals surface area contributed by atoms with E-state index < -0.39 is 0 Å². The molecule has 4 heterocycles. The van der Waals surface area contributed by atoms with Gasteiger partial charge in [0.25, 0.3) is 0 Å². The molecule has 2 saturated heterocycles. The highest BCUT2D eigenvalue weighted by Gasteiger charge is 2.27. The van der Waals surface area contributed by atoms with Crippen molar-refractivity contribution < 1.29 is 19.2 Å². The summed E-state index contributed by atoms with van der Waals surface area (Å²) in [5, 5.41) is 1.02. The third-order valence-electron chi connectivity index (χ3n) is 5.84.